The lowest BCUT2D eigenvalue weighted by molar-refractivity contribution is 0.0900. The number of piperidine rings is 1. The number of aliphatic hydroxyl groups excluding tert-OH is 1. The Morgan fingerprint density at radius 2 is 1.86 bits per heavy atom. The average Bonchev–Trinajstić information content (AvgIpc) is 3.28. The molecule has 4 aromatic heterocycles. The molecule has 0 aliphatic carbocycles. The van der Waals surface area contributed by atoms with Gasteiger partial charge in [0.05, 0.1) is 30.2 Å². The molecule has 0 unspecified atom stereocenters. The lowest BCUT2D eigenvalue weighted by atomic mass is 9.72. The molecule has 6 rings (SSSR count). The van der Waals surface area contributed by atoms with Crippen LogP contribution in [0.3, 0.4) is 0 Å². The first-order valence-corrected chi connectivity index (χ1v) is 12.5. The molecule has 6 heterocycles. The Labute approximate surface area is 215 Å². The summed E-state index contributed by atoms with van der Waals surface area (Å²) in [5.41, 5.74) is 4.01. The van der Waals surface area contributed by atoms with Crippen LogP contribution in [0.4, 0.5) is 11.6 Å². The van der Waals surface area contributed by atoms with Gasteiger partial charge >= 0.3 is 0 Å². The third-order valence-corrected chi connectivity index (χ3v) is 7.76. The van der Waals surface area contributed by atoms with Crippen molar-refractivity contribution >= 4 is 28.4 Å². The molecule has 2 fully saturated rings. The zero-order valence-electron chi connectivity index (χ0n) is 21.1. The van der Waals surface area contributed by atoms with Crippen LogP contribution in [0, 0.1) is 5.41 Å². The van der Waals surface area contributed by atoms with Crippen LogP contribution >= 0.6 is 0 Å². The fourth-order valence-corrected chi connectivity index (χ4v) is 5.39. The Bertz CT molecular complexity index is 1470. The Morgan fingerprint density at radius 3 is 2.65 bits per heavy atom. The number of nitrogens with one attached hydrogen (secondary N) is 1. The first kappa shape index (κ1) is 23.5. The van der Waals surface area contributed by atoms with Gasteiger partial charge in [-0.25, -0.2) is 9.97 Å². The number of likely N-dealkylation sites (tertiary alicyclic amines) is 1. The minimum atomic E-state index is -0.232. The second kappa shape index (κ2) is 9.20. The first-order chi connectivity index (χ1) is 17.9. The quantitative estimate of drug-likeness (QED) is 0.432. The Morgan fingerprint density at radius 1 is 1.05 bits per heavy atom. The number of pyridine rings is 3. The molecule has 4 aromatic rings. The standard InChI is InChI=1S/C27H30N8O2/c1-33-7-4-27(5-8-33)16-35(17-27)25-11-18(3-6-28-25)26(37)32-24-10-19-9-20(12-29-22(19)14-30-24)21-13-31-34(2)23(21)15-36/h3,6,9-14,36H,4-5,7-8,15-17H2,1-2H3,(H,30,32,37). The monoisotopic (exact) mass is 498 g/mol. The van der Waals surface area contributed by atoms with Gasteiger partial charge in [0.1, 0.15) is 11.6 Å². The Kier molecular flexibility index (Phi) is 5.85. The van der Waals surface area contributed by atoms with Crippen molar-refractivity contribution in [2.75, 3.05) is 43.4 Å². The predicted molar refractivity (Wildman–Crippen MR) is 141 cm³/mol. The SMILES string of the molecule is CN1CCC2(CC1)CN(c1cc(C(=O)Nc3cc4cc(-c5cnn(C)c5CO)cnc4cn3)ccn1)C2. The van der Waals surface area contributed by atoms with Crippen molar-refractivity contribution in [1.29, 1.82) is 0 Å². The number of carbonyl (C=O) groups is 1. The van der Waals surface area contributed by atoms with Crippen LogP contribution in [0.15, 0.2) is 49.1 Å². The minimum absolute atomic E-state index is 0.120. The molecule has 2 aliphatic rings. The Balaban J connectivity index is 1.18. The molecule has 0 saturated carbocycles. The molecule has 37 heavy (non-hydrogen) atoms. The van der Waals surface area contributed by atoms with E-state index in [0.717, 1.165) is 48.5 Å². The summed E-state index contributed by atoms with van der Waals surface area (Å²) < 4.78 is 1.65. The fraction of sp³-hybridized carbons (Fsp3) is 0.370. The van der Waals surface area contributed by atoms with Crippen molar-refractivity contribution in [3.8, 4) is 11.1 Å². The summed E-state index contributed by atoms with van der Waals surface area (Å²) in [7, 11) is 3.97. The van der Waals surface area contributed by atoms with E-state index in [-0.39, 0.29) is 12.5 Å². The third kappa shape index (κ3) is 4.42. The smallest absolute Gasteiger partial charge is 0.257 e. The predicted octanol–water partition coefficient (Wildman–Crippen LogP) is 2.70. The zero-order chi connectivity index (χ0) is 25.6. The molecule has 10 nitrogen and oxygen atoms in total. The maximum absolute atomic E-state index is 13.1. The van der Waals surface area contributed by atoms with Gasteiger partial charge in [-0.3, -0.25) is 14.5 Å². The molecule has 0 bridgehead atoms. The van der Waals surface area contributed by atoms with E-state index in [1.165, 1.54) is 12.8 Å². The number of carbonyl (C=O) groups excluding carboxylic acids is 1. The van der Waals surface area contributed by atoms with Gasteiger partial charge in [0, 0.05) is 60.0 Å². The number of aryl methyl sites for hydroxylation is 1. The van der Waals surface area contributed by atoms with Gasteiger partial charge in [0.2, 0.25) is 0 Å². The summed E-state index contributed by atoms with van der Waals surface area (Å²) in [5.74, 6) is 1.05. The molecular formula is C27H30N8O2. The molecule has 0 atom stereocenters. The van der Waals surface area contributed by atoms with E-state index in [1.807, 2.05) is 12.1 Å². The third-order valence-electron chi connectivity index (χ3n) is 7.76. The van der Waals surface area contributed by atoms with Crippen LogP contribution in [-0.2, 0) is 13.7 Å². The van der Waals surface area contributed by atoms with Crippen molar-refractivity contribution in [1.82, 2.24) is 29.6 Å². The van der Waals surface area contributed by atoms with Crippen LogP contribution in [0.25, 0.3) is 22.0 Å². The number of aliphatic hydroxyl groups is 1. The summed E-state index contributed by atoms with van der Waals surface area (Å²) >= 11 is 0. The van der Waals surface area contributed by atoms with E-state index in [4.69, 9.17) is 0 Å². The van der Waals surface area contributed by atoms with Gasteiger partial charge in [-0.1, -0.05) is 0 Å². The average molecular weight is 499 g/mol. The summed E-state index contributed by atoms with van der Waals surface area (Å²) in [5, 5.41) is 17.7. The molecule has 190 valence electrons. The maximum Gasteiger partial charge on any atom is 0.257 e. The largest absolute Gasteiger partial charge is 0.390 e. The summed E-state index contributed by atoms with van der Waals surface area (Å²) in [6.07, 6.45) is 9.22. The number of nitrogens with zero attached hydrogens (tertiary/aromatic N) is 7. The van der Waals surface area contributed by atoms with E-state index in [2.05, 4.69) is 42.2 Å². The van der Waals surface area contributed by atoms with E-state index in [9.17, 15) is 9.90 Å². The molecule has 2 N–H and O–H groups in total. The highest BCUT2D eigenvalue weighted by Gasteiger charge is 2.44. The van der Waals surface area contributed by atoms with Gasteiger partial charge < -0.3 is 20.2 Å². The minimum Gasteiger partial charge on any atom is -0.390 e. The topological polar surface area (TPSA) is 112 Å². The molecule has 2 saturated heterocycles. The van der Waals surface area contributed by atoms with Crippen LogP contribution in [-0.4, -0.2) is 73.9 Å². The van der Waals surface area contributed by atoms with E-state index < -0.39 is 0 Å². The molecule has 10 heteroatoms. The summed E-state index contributed by atoms with van der Waals surface area (Å²) in [4.78, 5) is 31.1. The van der Waals surface area contributed by atoms with Crippen LogP contribution in [0.1, 0.15) is 28.9 Å². The summed E-state index contributed by atoms with van der Waals surface area (Å²) in [6.45, 7) is 4.16. The number of rotatable bonds is 5. The van der Waals surface area contributed by atoms with Crippen molar-refractivity contribution in [3.63, 3.8) is 0 Å². The highest BCUT2D eigenvalue weighted by Crippen LogP contribution is 2.41. The number of fused-ring (bicyclic) bond motifs is 1. The van der Waals surface area contributed by atoms with Crippen molar-refractivity contribution < 1.29 is 9.90 Å². The second-order valence-corrected chi connectivity index (χ2v) is 10.3. The van der Waals surface area contributed by atoms with E-state index in [1.54, 1.807) is 48.6 Å². The van der Waals surface area contributed by atoms with Gasteiger partial charge in [-0.2, -0.15) is 5.10 Å². The van der Waals surface area contributed by atoms with Crippen molar-refractivity contribution in [3.05, 3.63) is 60.3 Å². The number of amides is 1. The number of hydrogen-bond acceptors (Lipinski definition) is 8. The number of anilines is 2. The Hall–Kier alpha value is -3.89. The van der Waals surface area contributed by atoms with E-state index >= 15 is 0 Å². The van der Waals surface area contributed by atoms with Gasteiger partial charge in [-0.05, 0) is 57.2 Å². The molecule has 1 amide bonds. The van der Waals surface area contributed by atoms with Crippen LogP contribution in [0.5, 0.6) is 0 Å². The molecular weight excluding hydrogens is 468 g/mol. The normalized spacial score (nSPS) is 17.2. The molecule has 2 aliphatic heterocycles. The zero-order valence-corrected chi connectivity index (χ0v) is 21.1. The molecule has 0 aromatic carbocycles. The van der Waals surface area contributed by atoms with Gasteiger partial charge in [0.15, 0.2) is 0 Å². The summed E-state index contributed by atoms with van der Waals surface area (Å²) in [6, 6.07) is 7.35. The molecule has 0 radical (unpaired) electrons. The van der Waals surface area contributed by atoms with Gasteiger partial charge in [-0.15, -0.1) is 0 Å². The van der Waals surface area contributed by atoms with E-state index in [0.29, 0.717) is 28.0 Å². The fourth-order valence-electron chi connectivity index (χ4n) is 5.39. The van der Waals surface area contributed by atoms with Crippen molar-refractivity contribution in [2.24, 2.45) is 12.5 Å². The van der Waals surface area contributed by atoms with Crippen LogP contribution < -0.4 is 10.2 Å². The van der Waals surface area contributed by atoms with Gasteiger partial charge in [0.25, 0.3) is 5.91 Å². The number of aromatic nitrogens is 5. The van der Waals surface area contributed by atoms with Crippen LogP contribution in [0.2, 0.25) is 0 Å². The second-order valence-electron chi connectivity index (χ2n) is 10.3. The lowest BCUT2D eigenvalue weighted by Crippen LogP contribution is -2.60. The molecule has 1 spiro atoms. The highest BCUT2D eigenvalue weighted by molar-refractivity contribution is 6.04. The van der Waals surface area contributed by atoms with Crippen molar-refractivity contribution in [2.45, 2.75) is 19.4 Å². The lowest BCUT2D eigenvalue weighted by Gasteiger charge is -2.54. The number of hydrogen-bond donors (Lipinski definition) is 2. The highest BCUT2D eigenvalue weighted by atomic mass is 16.3. The first-order valence-electron chi connectivity index (χ1n) is 12.5. The maximum atomic E-state index is 13.1.